The number of rotatable bonds is 3. The molecule has 2 rings (SSSR count). The first-order chi connectivity index (χ1) is 7.79. The fourth-order valence-corrected chi connectivity index (χ4v) is 2.25. The van der Waals surface area contributed by atoms with Gasteiger partial charge < -0.3 is 15.8 Å². The first kappa shape index (κ1) is 11.3. The van der Waals surface area contributed by atoms with Crippen molar-refractivity contribution in [3.8, 4) is 5.75 Å². The summed E-state index contributed by atoms with van der Waals surface area (Å²) in [6.45, 7) is 0. The average molecular weight is 220 g/mol. The first-order valence-electron chi connectivity index (χ1n) is 5.94. The highest BCUT2D eigenvalue weighted by Crippen LogP contribution is 2.27. The van der Waals surface area contributed by atoms with Gasteiger partial charge in [0.05, 0.1) is 12.8 Å². The van der Waals surface area contributed by atoms with Crippen LogP contribution in [0.1, 0.15) is 25.7 Å². The van der Waals surface area contributed by atoms with Crippen molar-refractivity contribution >= 4 is 5.69 Å². The Morgan fingerprint density at radius 2 is 1.88 bits per heavy atom. The number of ether oxygens (including phenoxy) is 1. The third kappa shape index (κ3) is 2.67. The van der Waals surface area contributed by atoms with Crippen LogP contribution in [-0.4, -0.2) is 19.2 Å². The molecule has 1 fully saturated rings. The van der Waals surface area contributed by atoms with E-state index in [9.17, 15) is 0 Å². The van der Waals surface area contributed by atoms with Crippen molar-refractivity contribution in [1.29, 1.82) is 0 Å². The van der Waals surface area contributed by atoms with Crippen molar-refractivity contribution in [3.63, 3.8) is 0 Å². The van der Waals surface area contributed by atoms with Gasteiger partial charge in [-0.1, -0.05) is 12.1 Å². The van der Waals surface area contributed by atoms with Crippen LogP contribution >= 0.6 is 0 Å². The molecule has 1 aliphatic rings. The minimum atomic E-state index is 0.399. The normalized spacial score (nSPS) is 25.1. The largest absolute Gasteiger partial charge is 0.495 e. The second-order valence-electron chi connectivity index (χ2n) is 4.46. The first-order valence-corrected chi connectivity index (χ1v) is 5.94. The fraction of sp³-hybridized carbons (Fsp3) is 0.538. The molecule has 3 nitrogen and oxygen atoms in total. The molecule has 0 radical (unpaired) electrons. The number of nitrogens with two attached hydrogens (primary N) is 1. The molecule has 3 heteroatoms. The van der Waals surface area contributed by atoms with Crippen LogP contribution in [0, 0.1) is 0 Å². The summed E-state index contributed by atoms with van der Waals surface area (Å²) in [7, 11) is 1.71. The van der Waals surface area contributed by atoms with Gasteiger partial charge in [0.25, 0.3) is 0 Å². The van der Waals surface area contributed by atoms with Gasteiger partial charge in [0.2, 0.25) is 0 Å². The van der Waals surface area contributed by atoms with E-state index in [1.165, 1.54) is 0 Å². The van der Waals surface area contributed by atoms with Crippen molar-refractivity contribution in [3.05, 3.63) is 24.3 Å². The number of methoxy groups -OCH3 is 1. The Morgan fingerprint density at radius 1 is 1.19 bits per heavy atom. The van der Waals surface area contributed by atoms with Crippen molar-refractivity contribution in [2.75, 3.05) is 12.4 Å². The van der Waals surface area contributed by atoms with Gasteiger partial charge in [0, 0.05) is 12.1 Å². The summed E-state index contributed by atoms with van der Waals surface area (Å²) in [5, 5.41) is 3.54. The molecule has 0 aromatic heterocycles. The quantitative estimate of drug-likeness (QED) is 0.822. The van der Waals surface area contributed by atoms with Crippen LogP contribution < -0.4 is 15.8 Å². The lowest BCUT2D eigenvalue weighted by Crippen LogP contribution is -2.32. The minimum absolute atomic E-state index is 0.399. The molecule has 0 heterocycles. The van der Waals surface area contributed by atoms with Crippen molar-refractivity contribution in [2.45, 2.75) is 37.8 Å². The fourth-order valence-electron chi connectivity index (χ4n) is 2.25. The molecule has 0 saturated heterocycles. The number of hydrogen-bond acceptors (Lipinski definition) is 3. The standard InChI is InChI=1S/C13H20N2O/c1-16-13-5-3-2-4-12(13)15-11-8-6-10(14)7-9-11/h2-5,10-11,15H,6-9,14H2,1H3. The zero-order valence-electron chi connectivity index (χ0n) is 9.78. The molecule has 0 spiro atoms. The van der Waals surface area contributed by atoms with Gasteiger partial charge in [-0.05, 0) is 37.8 Å². The molecule has 1 saturated carbocycles. The summed E-state index contributed by atoms with van der Waals surface area (Å²) in [5.41, 5.74) is 6.98. The predicted molar refractivity (Wildman–Crippen MR) is 66.8 cm³/mol. The van der Waals surface area contributed by atoms with Crippen LogP contribution in [-0.2, 0) is 0 Å². The van der Waals surface area contributed by atoms with E-state index >= 15 is 0 Å². The second kappa shape index (κ2) is 5.21. The summed E-state index contributed by atoms with van der Waals surface area (Å²) in [6, 6.07) is 9.00. The smallest absolute Gasteiger partial charge is 0.141 e. The molecule has 1 aromatic rings. The molecule has 0 amide bonds. The predicted octanol–water partition coefficient (Wildman–Crippen LogP) is 2.38. The van der Waals surface area contributed by atoms with Crippen molar-refractivity contribution < 1.29 is 4.74 Å². The van der Waals surface area contributed by atoms with Gasteiger partial charge in [0.15, 0.2) is 0 Å². The van der Waals surface area contributed by atoms with E-state index in [0.717, 1.165) is 37.1 Å². The Kier molecular flexibility index (Phi) is 3.67. The second-order valence-corrected chi connectivity index (χ2v) is 4.46. The lowest BCUT2D eigenvalue weighted by Gasteiger charge is -2.28. The molecule has 0 aliphatic heterocycles. The minimum Gasteiger partial charge on any atom is -0.495 e. The highest BCUT2D eigenvalue weighted by Gasteiger charge is 2.18. The highest BCUT2D eigenvalue weighted by molar-refractivity contribution is 5.56. The van der Waals surface area contributed by atoms with Crippen LogP contribution in [0.5, 0.6) is 5.75 Å². The lowest BCUT2D eigenvalue weighted by molar-refractivity contribution is 0.401. The third-order valence-corrected chi connectivity index (χ3v) is 3.24. The van der Waals surface area contributed by atoms with Gasteiger partial charge in [-0.2, -0.15) is 0 Å². The number of anilines is 1. The van der Waals surface area contributed by atoms with Gasteiger partial charge in [-0.25, -0.2) is 0 Å². The van der Waals surface area contributed by atoms with Crippen molar-refractivity contribution in [2.24, 2.45) is 5.73 Å². The van der Waals surface area contributed by atoms with E-state index in [4.69, 9.17) is 10.5 Å². The molecule has 88 valence electrons. The van der Waals surface area contributed by atoms with Crippen molar-refractivity contribution in [1.82, 2.24) is 0 Å². The van der Waals surface area contributed by atoms with E-state index in [0.29, 0.717) is 12.1 Å². The highest BCUT2D eigenvalue weighted by atomic mass is 16.5. The molecular formula is C13H20N2O. The summed E-state index contributed by atoms with van der Waals surface area (Å²) in [4.78, 5) is 0. The van der Waals surface area contributed by atoms with Crippen LogP contribution in [0.4, 0.5) is 5.69 Å². The molecule has 0 unspecified atom stereocenters. The van der Waals surface area contributed by atoms with Crippen LogP contribution in [0.3, 0.4) is 0 Å². The molecular weight excluding hydrogens is 200 g/mol. The summed E-state index contributed by atoms with van der Waals surface area (Å²) in [6.07, 6.45) is 4.54. The van der Waals surface area contributed by atoms with Crippen LogP contribution in [0.15, 0.2) is 24.3 Å². The number of para-hydroxylation sites is 2. The average Bonchev–Trinajstić information content (AvgIpc) is 2.33. The molecule has 1 aromatic carbocycles. The zero-order chi connectivity index (χ0) is 11.4. The van der Waals surface area contributed by atoms with Gasteiger partial charge in [-0.3, -0.25) is 0 Å². The molecule has 1 aliphatic carbocycles. The van der Waals surface area contributed by atoms with E-state index < -0.39 is 0 Å². The Balaban J connectivity index is 1.98. The Bertz CT molecular complexity index is 332. The lowest BCUT2D eigenvalue weighted by atomic mass is 9.91. The monoisotopic (exact) mass is 220 g/mol. The van der Waals surface area contributed by atoms with Gasteiger partial charge in [-0.15, -0.1) is 0 Å². The van der Waals surface area contributed by atoms with Gasteiger partial charge >= 0.3 is 0 Å². The van der Waals surface area contributed by atoms with Crippen LogP contribution in [0.25, 0.3) is 0 Å². The van der Waals surface area contributed by atoms with E-state index in [-0.39, 0.29) is 0 Å². The third-order valence-electron chi connectivity index (χ3n) is 3.24. The maximum absolute atomic E-state index is 5.89. The summed E-state index contributed by atoms with van der Waals surface area (Å²) >= 11 is 0. The van der Waals surface area contributed by atoms with E-state index in [1.807, 2.05) is 18.2 Å². The molecule has 0 atom stereocenters. The Morgan fingerprint density at radius 3 is 2.56 bits per heavy atom. The molecule has 16 heavy (non-hydrogen) atoms. The topological polar surface area (TPSA) is 47.3 Å². The Labute approximate surface area is 97.0 Å². The summed E-state index contributed by atoms with van der Waals surface area (Å²) < 4.78 is 5.32. The molecule has 0 bridgehead atoms. The summed E-state index contributed by atoms with van der Waals surface area (Å²) in [5.74, 6) is 0.914. The maximum Gasteiger partial charge on any atom is 0.141 e. The molecule has 3 N–H and O–H groups in total. The maximum atomic E-state index is 5.89. The van der Waals surface area contributed by atoms with E-state index in [1.54, 1.807) is 7.11 Å². The zero-order valence-corrected chi connectivity index (χ0v) is 9.78. The Hall–Kier alpha value is -1.22. The number of hydrogen-bond donors (Lipinski definition) is 2. The van der Waals surface area contributed by atoms with Crippen LogP contribution in [0.2, 0.25) is 0 Å². The van der Waals surface area contributed by atoms with Gasteiger partial charge in [0.1, 0.15) is 5.75 Å². The SMILES string of the molecule is COc1ccccc1NC1CCC(N)CC1. The van der Waals surface area contributed by atoms with E-state index in [2.05, 4.69) is 11.4 Å². The number of benzene rings is 1. The number of nitrogens with one attached hydrogen (secondary N) is 1.